The molecule has 22 heavy (non-hydrogen) atoms. The quantitative estimate of drug-likeness (QED) is 0.837. The van der Waals surface area contributed by atoms with Crippen LogP contribution in [0.2, 0.25) is 0 Å². The lowest BCUT2D eigenvalue weighted by atomic mass is 10.0. The van der Waals surface area contributed by atoms with E-state index in [-0.39, 0.29) is 0 Å². The Morgan fingerprint density at radius 1 is 1.32 bits per heavy atom. The van der Waals surface area contributed by atoms with Crippen LogP contribution in [0.5, 0.6) is 5.75 Å². The summed E-state index contributed by atoms with van der Waals surface area (Å²) in [7, 11) is 6.22. The average molecular weight is 305 g/mol. The SMILES string of the molecule is CCNCc1ccc(CN(C)C2CCN(C)CC2)cc1OC. The second kappa shape index (κ2) is 8.51. The zero-order valence-corrected chi connectivity index (χ0v) is 14.6. The second-order valence-corrected chi connectivity index (χ2v) is 6.38. The summed E-state index contributed by atoms with van der Waals surface area (Å²) in [4.78, 5) is 4.91. The molecule has 0 aliphatic carbocycles. The molecule has 124 valence electrons. The Kier molecular flexibility index (Phi) is 6.68. The zero-order chi connectivity index (χ0) is 15.9. The maximum atomic E-state index is 5.56. The van der Waals surface area contributed by atoms with E-state index < -0.39 is 0 Å². The van der Waals surface area contributed by atoms with Crippen molar-refractivity contribution in [1.29, 1.82) is 0 Å². The molecular formula is C18H31N3O. The smallest absolute Gasteiger partial charge is 0.123 e. The lowest BCUT2D eigenvalue weighted by Crippen LogP contribution is -2.41. The van der Waals surface area contributed by atoms with Crippen LogP contribution >= 0.6 is 0 Å². The number of hydrogen-bond acceptors (Lipinski definition) is 4. The molecule has 1 N–H and O–H groups in total. The van der Waals surface area contributed by atoms with Crippen molar-refractivity contribution in [2.45, 2.75) is 38.9 Å². The summed E-state index contributed by atoms with van der Waals surface area (Å²) < 4.78 is 5.56. The van der Waals surface area contributed by atoms with E-state index >= 15 is 0 Å². The van der Waals surface area contributed by atoms with Gasteiger partial charge in [0.25, 0.3) is 0 Å². The van der Waals surface area contributed by atoms with Crippen LogP contribution in [0.15, 0.2) is 18.2 Å². The molecule has 1 saturated heterocycles. The maximum Gasteiger partial charge on any atom is 0.123 e. The zero-order valence-electron chi connectivity index (χ0n) is 14.6. The molecule has 1 aromatic rings. The number of methoxy groups -OCH3 is 1. The Morgan fingerprint density at radius 2 is 2.05 bits per heavy atom. The predicted octanol–water partition coefficient (Wildman–Crippen LogP) is 2.33. The third-order valence-electron chi connectivity index (χ3n) is 4.66. The predicted molar refractivity (Wildman–Crippen MR) is 92.4 cm³/mol. The first kappa shape index (κ1) is 17.3. The van der Waals surface area contributed by atoms with Crippen LogP contribution in [0.25, 0.3) is 0 Å². The average Bonchev–Trinajstić information content (AvgIpc) is 2.54. The number of nitrogens with zero attached hydrogens (tertiary/aromatic N) is 2. The van der Waals surface area contributed by atoms with Gasteiger partial charge in [-0.25, -0.2) is 0 Å². The Balaban J connectivity index is 1.97. The molecule has 0 saturated carbocycles. The standard InChI is InChI=1S/C18H31N3O/c1-5-19-13-16-7-6-15(12-18(16)22-4)14-21(3)17-8-10-20(2)11-9-17/h6-7,12,17,19H,5,8-11,13-14H2,1-4H3. The summed E-state index contributed by atoms with van der Waals surface area (Å²) in [5.41, 5.74) is 2.56. The van der Waals surface area contributed by atoms with Gasteiger partial charge in [-0.3, -0.25) is 4.90 Å². The molecule has 0 spiro atoms. The molecule has 0 unspecified atom stereocenters. The summed E-state index contributed by atoms with van der Waals surface area (Å²) in [5.74, 6) is 0.996. The van der Waals surface area contributed by atoms with Gasteiger partial charge in [-0.2, -0.15) is 0 Å². The number of hydrogen-bond donors (Lipinski definition) is 1. The topological polar surface area (TPSA) is 27.7 Å². The molecular weight excluding hydrogens is 274 g/mol. The molecule has 1 fully saturated rings. The van der Waals surface area contributed by atoms with Gasteiger partial charge in [0.05, 0.1) is 7.11 Å². The van der Waals surface area contributed by atoms with Crippen molar-refractivity contribution in [3.63, 3.8) is 0 Å². The normalized spacial score (nSPS) is 17.1. The van der Waals surface area contributed by atoms with Crippen LogP contribution in [0.1, 0.15) is 30.9 Å². The van der Waals surface area contributed by atoms with Crippen LogP contribution in [0, 0.1) is 0 Å². The summed E-state index contributed by atoms with van der Waals surface area (Å²) >= 11 is 0. The monoisotopic (exact) mass is 305 g/mol. The minimum Gasteiger partial charge on any atom is -0.496 e. The van der Waals surface area contributed by atoms with Gasteiger partial charge in [-0.05, 0) is 58.2 Å². The van der Waals surface area contributed by atoms with E-state index in [1.54, 1.807) is 7.11 Å². The van der Waals surface area contributed by atoms with Crippen LogP contribution in [0.4, 0.5) is 0 Å². The Labute approximate surface area is 135 Å². The molecule has 1 heterocycles. The third kappa shape index (κ3) is 4.70. The first-order chi connectivity index (χ1) is 10.6. The van der Waals surface area contributed by atoms with E-state index in [1.165, 1.54) is 37.1 Å². The van der Waals surface area contributed by atoms with Crippen molar-refractivity contribution in [1.82, 2.24) is 15.1 Å². The number of nitrogens with one attached hydrogen (secondary N) is 1. The second-order valence-electron chi connectivity index (χ2n) is 6.38. The summed E-state index contributed by atoms with van der Waals surface area (Å²) in [6, 6.07) is 7.32. The van der Waals surface area contributed by atoms with E-state index in [9.17, 15) is 0 Å². The van der Waals surface area contributed by atoms with Crippen molar-refractivity contribution >= 4 is 0 Å². The minimum atomic E-state index is 0.698. The highest BCUT2D eigenvalue weighted by Crippen LogP contribution is 2.22. The van der Waals surface area contributed by atoms with Crippen LogP contribution in [-0.2, 0) is 13.1 Å². The summed E-state index contributed by atoms with van der Waals surface area (Å²) in [5, 5.41) is 3.36. The van der Waals surface area contributed by atoms with E-state index in [0.29, 0.717) is 6.04 Å². The molecule has 0 amide bonds. The Bertz CT molecular complexity index is 456. The minimum absolute atomic E-state index is 0.698. The van der Waals surface area contributed by atoms with E-state index in [4.69, 9.17) is 4.74 Å². The maximum absolute atomic E-state index is 5.56. The number of benzene rings is 1. The van der Waals surface area contributed by atoms with Gasteiger partial charge in [0, 0.05) is 24.7 Å². The molecule has 2 rings (SSSR count). The molecule has 0 radical (unpaired) electrons. The number of rotatable bonds is 7. The highest BCUT2D eigenvalue weighted by atomic mass is 16.5. The molecule has 1 aliphatic rings. The number of likely N-dealkylation sites (tertiary alicyclic amines) is 1. The van der Waals surface area contributed by atoms with Crippen molar-refractivity contribution < 1.29 is 4.74 Å². The Hall–Kier alpha value is -1.10. The first-order valence-corrected chi connectivity index (χ1v) is 8.39. The van der Waals surface area contributed by atoms with Gasteiger partial charge < -0.3 is 15.0 Å². The molecule has 1 aliphatic heterocycles. The summed E-state index contributed by atoms with van der Waals surface area (Å²) in [6.07, 6.45) is 2.53. The molecule has 4 heteroatoms. The van der Waals surface area contributed by atoms with Crippen molar-refractivity contribution in [2.24, 2.45) is 0 Å². The van der Waals surface area contributed by atoms with Crippen molar-refractivity contribution in [2.75, 3.05) is 40.8 Å². The first-order valence-electron chi connectivity index (χ1n) is 8.39. The Morgan fingerprint density at radius 3 is 2.68 bits per heavy atom. The lowest BCUT2D eigenvalue weighted by Gasteiger charge is -2.35. The summed E-state index contributed by atoms with van der Waals surface area (Å²) in [6.45, 7) is 7.37. The van der Waals surface area contributed by atoms with Gasteiger partial charge in [0.2, 0.25) is 0 Å². The fraction of sp³-hybridized carbons (Fsp3) is 0.667. The van der Waals surface area contributed by atoms with Crippen LogP contribution in [0.3, 0.4) is 0 Å². The number of piperidine rings is 1. The van der Waals surface area contributed by atoms with E-state index in [1.807, 2.05) is 0 Å². The lowest BCUT2D eigenvalue weighted by molar-refractivity contribution is 0.139. The van der Waals surface area contributed by atoms with Gasteiger partial charge in [-0.15, -0.1) is 0 Å². The molecule has 4 nitrogen and oxygen atoms in total. The van der Waals surface area contributed by atoms with Gasteiger partial charge in [0.1, 0.15) is 5.75 Å². The van der Waals surface area contributed by atoms with Gasteiger partial charge >= 0.3 is 0 Å². The highest BCUT2D eigenvalue weighted by molar-refractivity contribution is 5.37. The fourth-order valence-electron chi connectivity index (χ4n) is 3.15. The van der Waals surface area contributed by atoms with Crippen LogP contribution < -0.4 is 10.1 Å². The van der Waals surface area contributed by atoms with Crippen LogP contribution in [-0.4, -0.2) is 56.7 Å². The molecule has 0 atom stereocenters. The molecule has 1 aromatic carbocycles. The fourth-order valence-corrected chi connectivity index (χ4v) is 3.15. The molecule has 0 aromatic heterocycles. The third-order valence-corrected chi connectivity index (χ3v) is 4.66. The van der Waals surface area contributed by atoms with E-state index in [2.05, 4.69) is 54.3 Å². The highest BCUT2D eigenvalue weighted by Gasteiger charge is 2.20. The van der Waals surface area contributed by atoms with Crippen molar-refractivity contribution in [3.8, 4) is 5.75 Å². The van der Waals surface area contributed by atoms with Gasteiger partial charge in [0.15, 0.2) is 0 Å². The van der Waals surface area contributed by atoms with Gasteiger partial charge in [-0.1, -0.05) is 19.1 Å². The molecule has 0 bridgehead atoms. The van der Waals surface area contributed by atoms with Crippen molar-refractivity contribution in [3.05, 3.63) is 29.3 Å². The van der Waals surface area contributed by atoms with E-state index in [0.717, 1.165) is 25.4 Å². The largest absolute Gasteiger partial charge is 0.496 e. The number of ether oxygens (including phenoxy) is 1.